The van der Waals surface area contributed by atoms with E-state index in [1.54, 1.807) is 7.05 Å². The molecule has 6 nitrogen and oxygen atoms in total. The zero-order valence-corrected chi connectivity index (χ0v) is 17.6. The topological polar surface area (TPSA) is 58.1 Å². The summed E-state index contributed by atoms with van der Waals surface area (Å²) in [6.45, 7) is 4.14. The zero-order chi connectivity index (χ0) is 19.9. The number of rotatable bonds is 5. The molecule has 4 rings (SSSR count). The first-order chi connectivity index (χ1) is 14.3. The van der Waals surface area contributed by atoms with Crippen LogP contribution in [0.25, 0.3) is 0 Å². The van der Waals surface area contributed by atoms with Gasteiger partial charge in [-0.1, -0.05) is 24.3 Å². The van der Waals surface area contributed by atoms with Gasteiger partial charge >= 0.3 is 0 Å². The standard InChI is InChI=1S/C22H28N4O2S/c1-23-22(25-15-19-16-27-20-4-2-3-5-21(20)28-19)24-14-17-6-8-18(9-7-17)26-10-12-29-13-11-26/h2-9,19H,10-16H2,1H3,(H2,23,24,25). The van der Waals surface area contributed by atoms with Crippen LogP contribution < -0.4 is 25.0 Å². The Kier molecular flexibility index (Phi) is 6.67. The number of fused-ring (bicyclic) bond motifs is 1. The number of nitrogens with zero attached hydrogens (tertiary/aromatic N) is 2. The predicted molar refractivity (Wildman–Crippen MR) is 121 cm³/mol. The van der Waals surface area contributed by atoms with E-state index in [1.807, 2.05) is 36.0 Å². The van der Waals surface area contributed by atoms with Gasteiger partial charge in [0.15, 0.2) is 17.5 Å². The van der Waals surface area contributed by atoms with Crippen LogP contribution in [0.15, 0.2) is 53.5 Å². The molecule has 0 radical (unpaired) electrons. The molecule has 2 aromatic carbocycles. The third-order valence-corrected chi connectivity index (χ3v) is 6.00. The molecule has 1 fully saturated rings. The Balaban J connectivity index is 1.23. The van der Waals surface area contributed by atoms with Gasteiger partial charge < -0.3 is 25.0 Å². The van der Waals surface area contributed by atoms with Crippen molar-refractivity contribution < 1.29 is 9.47 Å². The van der Waals surface area contributed by atoms with Crippen LogP contribution in [0.2, 0.25) is 0 Å². The number of ether oxygens (including phenoxy) is 2. The number of hydrogen-bond acceptors (Lipinski definition) is 5. The Bertz CT molecular complexity index is 822. The molecular weight excluding hydrogens is 384 g/mol. The SMILES string of the molecule is CN=C(NCc1ccc(N2CCSCC2)cc1)NCC1COc2ccccc2O1. The summed E-state index contributed by atoms with van der Waals surface area (Å²) in [6.07, 6.45) is -0.0505. The van der Waals surface area contributed by atoms with Crippen molar-refractivity contribution in [2.45, 2.75) is 12.6 Å². The Hall–Kier alpha value is -2.54. The van der Waals surface area contributed by atoms with Crippen molar-refractivity contribution in [1.29, 1.82) is 0 Å². The summed E-state index contributed by atoms with van der Waals surface area (Å²) in [5, 5.41) is 6.70. The van der Waals surface area contributed by atoms with Crippen molar-refractivity contribution in [2.24, 2.45) is 4.99 Å². The lowest BCUT2D eigenvalue weighted by Crippen LogP contribution is -2.45. The summed E-state index contributed by atoms with van der Waals surface area (Å²) in [7, 11) is 1.78. The van der Waals surface area contributed by atoms with Crippen molar-refractivity contribution >= 4 is 23.4 Å². The largest absolute Gasteiger partial charge is 0.486 e. The summed E-state index contributed by atoms with van der Waals surface area (Å²) in [5.74, 6) is 4.78. The zero-order valence-electron chi connectivity index (χ0n) is 16.8. The third kappa shape index (κ3) is 5.29. The average Bonchev–Trinajstić information content (AvgIpc) is 2.80. The van der Waals surface area contributed by atoms with E-state index in [0.29, 0.717) is 13.2 Å². The molecular formula is C22H28N4O2S. The minimum atomic E-state index is -0.0505. The van der Waals surface area contributed by atoms with E-state index in [0.717, 1.165) is 37.1 Å². The second-order valence-electron chi connectivity index (χ2n) is 7.07. The molecule has 1 atom stereocenters. The first-order valence-electron chi connectivity index (χ1n) is 10.1. The Labute approximate surface area is 176 Å². The Morgan fingerprint density at radius 3 is 2.59 bits per heavy atom. The third-order valence-electron chi connectivity index (χ3n) is 5.06. The minimum Gasteiger partial charge on any atom is -0.486 e. The number of guanidine groups is 1. The van der Waals surface area contributed by atoms with Crippen LogP contribution in [0.1, 0.15) is 5.56 Å². The molecule has 2 heterocycles. The number of para-hydroxylation sites is 2. The molecule has 0 aliphatic carbocycles. The van der Waals surface area contributed by atoms with Crippen LogP contribution in [-0.4, -0.2) is 56.9 Å². The van der Waals surface area contributed by atoms with Gasteiger partial charge in [0, 0.05) is 43.9 Å². The van der Waals surface area contributed by atoms with E-state index in [9.17, 15) is 0 Å². The van der Waals surface area contributed by atoms with Gasteiger partial charge in [-0.05, 0) is 29.8 Å². The highest BCUT2D eigenvalue weighted by Gasteiger charge is 2.20. The second-order valence-corrected chi connectivity index (χ2v) is 8.29. The molecule has 0 saturated carbocycles. The Morgan fingerprint density at radius 2 is 1.83 bits per heavy atom. The van der Waals surface area contributed by atoms with Gasteiger partial charge in [-0.3, -0.25) is 4.99 Å². The van der Waals surface area contributed by atoms with Crippen molar-refractivity contribution in [2.75, 3.05) is 49.7 Å². The summed E-state index contributed by atoms with van der Waals surface area (Å²) in [5.41, 5.74) is 2.54. The van der Waals surface area contributed by atoms with E-state index in [-0.39, 0.29) is 6.10 Å². The number of hydrogen-bond donors (Lipinski definition) is 2. The molecule has 1 saturated heterocycles. The second kappa shape index (κ2) is 9.78. The highest BCUT2D eigenvalue weighted by Crippen LogP contribution is 2.30. The van der Waals surface area contributed by atoms with Crippen molar-refractivity contribution in [1.82, 2.24) is 10.6 Å². The highest BCUT2D eigenvalue weighted by molar-refractivity contribution is 7.99. The number of aliphatic imine (C=N–C) groups is 1. The fourth-order valence-electron chi connectivity index (χ4n) is 3.43. The quantitative estimate of drug-likeness (QED) is 0.582. The van der Waals surface area contributed by atoms with Gasteiger partial charge in [0.1, 0.15) is 12.7 Å². The van der Waals surface area contributed by atoms with E-state index < -0.39 is 0 Å². The maximum atomic E-state index is 5.98. The molecule has 1 unspecified atom stereocenters. The van der Waals surface area contributed by atoms with Gasteiger partial charge in [0.05, 0.1) is 6.54 Å². The average molecular weight is 413 g/mol. The normalized spacial score (nSPS) is 19.0. The van der Waals surface area contributed by atoms with Crippen LogP contribution in [0.4, 0.5) is 5.69 Å². The van der Waals surface area contributed by atoms with Crippen LogP contribution >= 0.6 is 11.8 Å². The molecule has 2 aliphatic rings. The number of thioether (sulfide) groups is 1. The fraction of sp³-hybridized carbons (Fsp3) is 0.409. The van der Waals surface area contributed by atoms with Crippen LogP contribution in [-0.2, 0) is 6.54 Å². The van der Waals surface area contributed by atoms with Crippen molar-refractivity contribution in [3.05, 3.63) is 54.1 Å². The van der Waals surface area contributed by atoms with Crippen LogP contribution in [0.5, 0.6) is 11.5 Å². The van der Waals surface area contributed by atoms with Gasteiger partial charge in [-0.15, -0.1) is 0 Å². The molecule has 2 aromatic rings. The van der Waals surface area contributed by atoms with E-state index in [1.165, 1.54) is 22.8 Å². The van der Waals surface area contributed by atoms with Crippen molar-refractivity contribution in [3.63, 3.8) is 0 Å². The summed E-state index contributed by atoms with van der Waals surface area (Å²) < 4.78 is 11.7. The minimum absolute atomic E-state index is 0.0505. The van der Waals surface area contributed by atoms with Gasteiger partial charge in [0.25, 0.3) is 0 Å². The van der Waals surface area contributed by atoms with Crippen LogP contribution in [0.3, 0.4) is 0 Å². The Morgan fingerprint density at radius 1 is 1.07 bits per heavy atom. The van der Waals surface area contributed by atoms with Gasteiger partial charge in [0.2, 0.25) is 0 Å². The molecule has 2 N–H and O–H groups in total. The van der Waals surface area contributed by atoms with Crippen LogP contribution in [0, 0.1) is 0 Å². The molecule has 0 spiro atoms. The van der Waals surface area contributed by atoms with E-state index >= 15 is 0 Å². The van der Waals surface area contributed by atoms with E-state index in [2.05, 4.69) is 44.8 Å². The van der Waals surface area contributed by atoms with Crippen molar-refractivity contribution in [3.8, 4) is 11.5 Å². The number of anilines is 1. The van der Waals surface area contributed by atoms with E-state index in [4.69, 9.17) is 9.47 Å². The fourth-order valence-corrected chi connectivity index (χ4v) is 4.33. The lowest BCUT2D eigenvalue weighted by atomic mass is 10.2. The monoisotopic (exact) mass is 412 g/mol. The predicted octanol–water partition coefficient (Wildman–Crippen LogP) is 2.74. The number of benzene rings is 2. The lowest BCUT2D eigenvalue weighted by molar-refractivity contribution is 0.0936. The summed E-state index contributed by atoms with van der Waals surface area (Å²) in [6, 6.07) is 16.6. The smallest absolute Gasteiger partial charge is 0.191 e. The van der Waals surface area contributed by atoms with Gasteiger partial charge in [-0.25, -0.2) is 0 Å². The molecule has 2 aliphatic heterocycles. The maximum absolute atomic E-state index is 5.98. The molecule has 0 bridgehead atoms. The molecule has 0 amide bonds. The maximum Gasteiger partial charge on any atom is 0.191 e. The summed E-state index contributed by atoms with van der Waals surface area (Å²) in [4.78, 5) is 6.77. The summed E-state index contributed by atoms with van der Waals surface area (Å²) >= 11 is 2.03. The highest BCUT2D eigenvalue weighted by atomic mass is 32.2. The molecule has 0 aromatic heterocycles. The first-order valence-corrected chi connectivity index (χ1v) is 11.2. The first kappa shape index (κ1) is 19.8. The molecule has 154 valence electrons. The lowest BCUT2D eigenvalue weighted by Gasteiger charge is -2.28. The molecule has 7 heteroatoms. The van der Waals surface area contributed by atoms with Gasteiger partial charge in [-0.2, -0.15) is 11.8 Å². The number of nitrogens with one attached hydrogen (secondary N) is 2. The molecule has 29 heavy (non-hydrogen) atoms.